The Kier molecular flexibility index (Phi) is 4.99. The highest BCUT2D eigenvalue weighted by molar-refractivity contribution is 5.02. The lowest BCUT2D eigenvalue weighted by atomic mass is 9.68. The minimum atomic E-state index is 0.614. The summed E-state index contributed by atoms with van der Waals surface area (Å²) in [7, 11) is 0. The molecule has 2 heterocycles. The molecule has 2 aliphatic heterocycles. The summed E-state index contributed by atoms with van der Waals surface area (Å²) in [6.07, 6.45) is 13.3. The first-order valence-corrected chi connectivity index (χ1v) is 10.4. The fourth-order valence-corrected chi connectivity index (χ4v) is 5.95. The maximum Gasteiger partial charge on any atom is 0.0844 e. The van der Waals surface area contributed by atoms with Crippen molar-refractivity contribution in [2.45, 2.75) is 103 Å². The average Bonchev–Trinajstić information content (AvgIpc) is 3.43. The van der Waals surface area contributed by atoms with Crippen LogP contribution in [0.4, 0.5) is 0 Å². The molecule has 4 rings (SSSR count). The SMILES string of the molecule is C[C](C)C(CCC([C](C)C)C1CCC2OC2C1)C1CCC2OC2C1. The molecule has 0 amide bonds. The lowest BCUT2D eigenvalue weighted by Crippen LogP contribution is -2.28. The number of epoxide rings is 2. The Morgan fingerprint density at radius 3 is 1.42 bits per heavy atom. The van der Waals surface area contributed by atoms with Crippen molar-refractivity contribution < 1.29 is 9.47 Å². The summed E-state index contributed by atoms with van der Waals surface area (Å²) in [5, 5.41) is 0. The van der Waals surface area contributed by atoms with Crippen LogP contribution in [0.1, 0.15) is 79.1 Å². The van der Waals surface area contributed by atoms with Gasteiger partial charge < -0.3 is 9.47 Å². The molecule has 4 aliphatic rings. The molecule has 0 aromatic heterocycles. The van der Waals surface area contributed by atoms with Crippen molar-refractivity contribution in [2.24, 2.45) is 23.7 Å². The molecular formula is C22H36O2. The first-order chi connectivity index (χ1) is 11.5. The number of hydrogen-bond acceptors (Lipinski definition) is 2. The zero-order valence-electron chi connectivity index (χ0n) is 16.1. The highest BCUT2D eigenvalue weighted by atomic mass is 16.6. The van der Waals surface area contributed by atoms with Gasteiger partial charge in [-0.25, -0.2) is 0 Å². The fraction of sp³-hybridized carbons (Fsp3) is 0.909. The van der Waals surface area contributed by atoms with Crippen LogP contribution in [-0.2, 0) is 9.47 Å². The first-order valence-electron chi connectivity index (χ1n) is 10.4. The van der Waals surface area contributed by atoms with Crippen LogP contribution >= 0.6 is 0 Å². The summed E-state index contributed by atoms with van der Waals surface area (Å²) in [4.78, 5) is 0. The molecule has 8 unspecified atom stereocenters. The highest BCUT2D eigenvalue weighted by Crippen LogP contribution is 2.48. The Hall–Kier alpha value is -0.0800. The summed E-state index contributed by atoms with van der Waals surface area (Å²) in [6, 6.07) is 0. The summed E-state index contributed by atoms with van der Waals surface area (Å²) < 4.78 is 11.6. The predicted molar refractivity (Wildman–Crippen MR) is 97.4 cm³/mol. The number of rotatable bonds is 7. The van der Waals surface area contributed by atoms with E-state index >= 15 is 0 Å². The number of ether oxygens (including phenoxy) is 2. The molecule has 2 heteroatoms. The topological polar surface area (TPSA) is 25.1 Å². The van der Waals surface area contributed by atoms with Crippen LogP contribution in [0.3, 0.4) is 0 Å². The smallest absolute Gasteiger partial charge is 0.0844 e. The Balaban J connectivity index is 1.34. The van der Waals surface area contributed by atoms with Gasteiger partial charge in [-0.15, -0.1) is 0 Å². The van der Waals surface area contributed by atoms with E-state index in [1.807, 2.05) is 0 Å². The van der Waals surface area contributed by atoms with Crippen molar-refractivity contribution >= 4 is 0 Å². The largest absolute Gasteiger partial charge is 0.370 e. The van der Waals surface area contributed by atoms with Crippen molar-refractivity contribution in [3.05, 3.63) is 11.8 Å². The van der Waals surface area contributed by atoms with Gasteiger partial charge in [-0.1, -0.05) is 27.7 Å². The molecule has 136 valence electrons. The van der Waals surface area contributed by atoms with E-state index < -0.39 is 0 Å². The lowest BCUT2D eigenvalue weighted by molar-refractivity contribution is 0.211. The van der Waals surface area contributed by atoms with Crippen LogP contribution in [0.15, 0.2) is 0 Å². The third-order valence-corrected chi connectivity index (χ3v) is 7.50. The second-order valence-corrected chi connectivity index (χ2v) is 9.52. The Morgan fingerprint density at radius 2 is 1.08 bits per heavy atom. The van der Waals surface area contributed by atoms with E-state index in [4.69, 9.17) is 9.47 Å². The van der Waals surface area contributed by atoms with Gasteiger partial charge in [0.1, 0.15) is 0 Å². The van der Waals surface area contributed by atoms with Gasteiger partial charge in [-0.2, -0.15) is 0 Å². The molecular weight excluding hydrogens is 296 g/mol. The standard InChI is InChI=1S/C22H36O2/c1-13(2)17(15-5-9-19-21(11-15)23-19)7-8-18(14(3)4)16-6-10-20-22(12-16)24-20/h15-22H,5-12H2,1-4H3. The first kappa shape index (κ1) is 17.3. The number of hydrogen-bond donors (Lipinski definition) is 0. The molecule has 0 aromatic rings. The predicted octanol–water partition coefficient (Wildman–Crippen LogP) is 5.36. The molecule has 2 saturated heterocycles. The molecule has 2 saturated carbocycles. The maximum atomic E-state index is 5.79. The van der Waals surface area contributed by atoms with Gasteiger partial charge in [-0.05, 0) is 86.9 Å². The monoisotopic (exact) mass is 332 g/mol. The van der Waals surface area contributed by atoms with Crippen LogP contribution < -0.4 is 0 Å². The summed E-state index contributed by atoms with van der Waals surface area (Å²) in [5.41, 5.74) is 0. The third-order valence-electron chi connectivity index (χ3n) is 7.50. The third kappa shape index (κ3) is 3.70. The molecule has 24 heavy (non-hydrogen) atoms. The van der Waals surface area contributed by atoms with Gasteiger partial charge >= 0.3 is 0 Å². The van der Waals surface area contributed by atoms with Gasteiger partial charge in [0.05, 0.1) is 24.4 Å². The summed E-state index contributed by atoms with van der Waals surface area (Å²) in [6.45, 7) is 9.47. The lowest BCUT2D eigenvalue weighted by Gasteiger charge is -2.36. The van der Waals surface area contributed by atoms with Crippen LogP contribution in [0.5, 0.6) is 0 Å². The van der Waals surface area contributed by atoms with Crippen molar-refractivity contribution in [3.8, 4) is 0 Å². The summed E-state index contributed by atoms with van der Waals surface area (Å²) in [5.74, 6) is 6.68. The van der Waals surface area contributed by atoms with Gasteiger partial charge in [-0.3, -0.25) is 0 Å². The molecule has 2 radical (unpaired) electrons. The van der Waals surface area contributed by atoms with Crippen LogP contribution in [0.25, 0.3) is 0 Å². The molecule has 0 N–H and O–H groups in total. The van der Waals surface area contributed by atoms with E-state index in [0.717, 1.165) is 23.7 Å². The van der Waals surface area contributed by atoms with Gasteiger partial charge in [0.15, 0.2) is 0 Å². The van der Waals surface area contributed by atoms with Crippen LogP contribution in [-0.4, -0.2) is 24.4 Å². The van der Waals surface area contributed by atoms with Crippen LogP contribution in [0.2, 0.25) is 0 Å². The molecule has 4 fully saturated rings. The molecule has 2 aliphatic carbocycles. The molecule has 0 aromatic carbocycles. The van der Waals surface area contributed by atoms with Gasteiger partial charge in [0, 0.05) is 0 Å². The Bertz CT molecular complexity index is 392. The van der Waals surface area contributed by atoms with Crippen molar-refractivity contribution in [1.29, 1.82) is 0 Å². The molecule has 0 spiro atoms. The van der Waals surface area contributed by atoms with E-state index in [1.165, 1.54) is 51.4 Å². The minimum absolute atomic E-state index is 0.614. The van der Waals surface area contributed by atoms with Gasteiger partial charge in [0.25, 0.3) is 0 Å². The van der Waals surface area contributed by atoms with Gasteiger partial charge in [0.2, 0.25) is 0 Å². The zero-order chi connectivity index (χ0) is 16.8. The van der Waals surface area contributed by atoms with Crippen LogP contribution in [0, 0.1) is 35.5 Å². The number of fused-ring (bicyclic) bond motifs is 2. The molecule has 8 atom stereocenters. The van der Waals surface area contributed by atoms with E-state index in [1.54, 1.807) is 11.8 Å². The van der Waals surface area contributed by atoms with Crippen molar-refractivity contribution in [3.63, 3.8) is 0 Å². The quantitative estimate of drug-likeness (QED) is 0.586. The average molecular weight is 333 g/mol. The second kappa shape index (κ2) is 6.91. The zero-order valence-corrected chi connectivity index (χ0v) is 16.1. The van der Waals surface area contributed by atoms with E-state index in [9.17, 15) is 0 Å². The van der Waals surface area contributed by atoms with E-state index in [2.05, 4.69) is 27.7 Å². The van der Waals surface area contributed by atoms with E-state index in [-0.39, 0.29) is 0 Å². The van der Waals surface area contributed by atoms with E-state index in [0.29, 0.717) is 24.4 Å². The molecule has 0 bridgehead atoms. The van der Waals surface area contributed by atoms with Crippen molar-refractivity contribution in [2.75, 3.05) is 0 Å². The fourth-order valence-electron chi connectivity index (χ4n) is 5.95. The minimum Gasteiger partial charge on any atom is -0.370 e. The maximum absolute atomic E-state index is 5.79. The molecule has 2 nitrogen and oxygen atoms in total. The Labute approximate surface area is 149 Å². The normalized spacial score (nSPS) is 43.2. The highest BCUT2D eigenvalue weighted by Gasteiger charge is 2.47. The van der Waals surface area contributed by atoms with Crippen molar-refractivity contribution in [1.82, 2.24) is 0 Å². The summed E-state index contributed by atoms with van der Waals surface area (Å²) >= 11 is 0. The second-order valence-electron chi connectivity index (χ2n) is 9.52. The Morgan fingerprint density at radius 1 is 0.667 bits per heavy atom.